The number of nitrogens with two attached hydrogens (primary N) is 1. The molecule has 4 nitrogen and oxygen atoms in total. The number of benzene rings is 1. The predicted octanol–water partition coefficient (Wildman–Crippen LogP) is 3.05. The number of hydrogen-bond donors (Lipinski definition) is 1. The monoisotopic (exact) mass is 282 g/mol. The molecule has 4 heteroatoms. The fourth-order valence-corrected chi connectivity index (χ4v) is 2.76. The van der Waals surface area contributed by atoms with Crippen molar-refractivity contribution in [1.82, 2.24) is 9.97 Å². The van der Waals surface area contributed by atoms with Crippen LogP contribution in [0.3, 0.4) is 0 Å². The van der Waals surface area contributed by atoms with Gasteiger partial charge in [-0.3, -0.25) is 0 Å². The van der Waals surface area contributed by atoms with E-state index in [0.717, 1.165) is 42.5 Å². The van der Waals surface area contributed by atoms with Crippen molar-refractivity contribution in [3.63, 3.8) is 0 Å². The van der Waals surface area contributed by atoms with Crippen LogP contribution in [0.4, 0.5) is 11.6 Å². The van der Waals surface area contributed by atoms with Crippen LogP contribution in [0.25, 0.3) is 0 Å². The van der Waals surface area contributed by atoms with Gasteiger partial charge in [0.2, 0.25) is 5.95 Å². The van der Waals surface area contributed by atoms with Gasteiger partial charge in [-0.05, 0) is 48.6 Å². The molecule has 1 aliphatic rings. The molecule has 0 saturated carbocycles. The van der Waals surface area contributed by atoms with Gasteiger partial charge < -0.3 is 10.6 Å². The van der Waals surface area contributed by atoms with Crippen LogP contribution in [0.5, 0.6) is 0 Å². The van der Waals surface area contributed by atoms with E-state index in [2.05, 4.69) is 41.9 Å². The van der Waals surface area contributed by atoms with Gasteiger partial charge >= 0.3 is 0 Å². The number of aromatic nitrogens is 2. The van der Waals surface area contributed by atoms with E-state index in [9.17, 15) is 0 Å². The first kappa shape index (κ1) is 13.9. The van der Waals surface area contributed by atoms with E-state index in [4.69, 9.17) is 10.7 Å². The number of nitrogen functional groups attached to an aromatic ring is 1. The Morgan fingerprint density at radius 1 is 1.14 bits per heavy atom. The molecule has 0 unspecified atom stereocenters. The highest BCUT2D eigenvalue weighted by atomic mass is 15.3. The molecule has 0 bridgehead atoms. The number of hydrogen-bond acceptors (Lipinski definition) is 4. The summed E-state index contributed by atoms with van der Waals surface area (Å²) < 4.78 is 0. The molecule has 0 amide bonds. The van der Waals surface area contributed by atoms with Gasteiger partial charge in [-0.1, -0.05) is 19.9 Å². The molecule has 0 spiro atoms. The minimum Gasteiger partial charge on any atom is -0.399 e. The summed E-state index contributed by atoms with van der Waals surface area (Å²) in [6, 6.07) is 8.26. The molecule has 0 fully saturated rings. The van der Waals surface area contributed by atoms with Crippen molar-refractivity contribution >= 4 is 11.6 Å². The average molecular weight is 282 g/mol. The maximum atomic E-state index is 5.90. The van der Waals surface area contributed by atoms with E-state index in [-0.39, 0.29) is 0 Å². The van der Waals surface area contributed by atoms with Crippen molar-refractivity contribution in [2.75, 3.05) is 17.2 Å². The highest BCUT2D eigenvalue weighted by molar-refractivity contribution is 5.49. The quantitative estimate of drug-likeness (QED) is 0.860. The Bertz CT molecular complexity index is 664. The molecule has 0 radical (unpaired) electrons. The molecule has 2 aromatic rings. The molecule has 1 aromatic heterocycles. The molecule has 21 heavy (non-hydrogen) atoms. The Morgan fingerprint density at radius 2 is 1.95 bits per heavy atom. The van der Waals surface area contributed by atoms with Gasteiger partial charge in [-0.25, -0.2) is 9.97 Å². The van der Waals surface area contributed by atoms with E-state index in [1.165, 1.54) is 11.1 Å². The minimum absolute atomic E-state index is 0.415. The molecule has 0 atom stereocenters. The van der Waals surface area contributed by atoms with E-state index in [1.54, 1.807) is 0 Å². The molecular formula is C17H22N4. The largest absolute Gasteiger partial charge is 0.399 e. The highest BCUT2D eigenvalue weighted by Gasteiger charge is 2.19. The number of fused-ring (bicyclic) bond motifs is 1. The Morgan fingerprint density at radius 3 is 2.71 bits per heavy atom. The van der Waals surface area contributed by atoms with Gasteiger partial charge in [-0.15, -0.1) is 0 Å². The molecule has 2 N–H and O–H groups in total. The number of aryl methyl sites for hydroxylation is 1. The molecular weight excluding hydrogens is 260 g/mol. The molecule has 2 heterocycles. The molecule has 1 aromatic carbocycles. The van der Waals surface area contributed by atoms with E-state index < -0.39 is 0 Å². The third kappa shape index (κ3) is 2.84. The van der Waals surface area contributed by atoms with Gasteiger partial charge in [0.1, 0.15) is 0 Å². The Hall–Kier alpha value is -2.10. The number of anilines is 2. The summed E-state index contributed by atoms with van der Waals surface area (Å²) in [5.74, 6) is 1.25. The van der Waals surface area contributed by atoms with Gasteiger partial charge in [0, 0.05) is 30.2 Å². The SMILES string of the molecule is Cc1cc(C(C)C)nc(N2CCc3ccc(N)cc3C2)n1. The predicted molar refractivity (Wildman–Crippen MR) is 86.5 cm³/mol. The molecule has 110 valence electrons. The summed E-state index contributed by atoms with van der Waals surface area (Å²) in [6.45, 7) is 8.15. The lowest BCUT2D eigenvalue weighted by molar-refractivity contribution is 0.695. The van der Waals surface area contributed by atoms with E-state index in [0.29, 0.717) is 5.92 Å². The van der Waals surface area contributed by atoms with Crippen molar-refractivity contribution in [3.8, 4) is 0 Å². The lowest BCUT2D eigenvalue weighted by Gasteiger charge is -2.29. The third-order valence-electron chi connectivity index (χ3n) is 3.98. The van der Waals surface area contributed by atoms with Crippen molar-refractivity contribution < 1.29 is 0 Å². The van der Waals surface area contributed by atoms with Gasteiger partial charge in [0.05, 0.1) is 0 Å². The summed E-state index contributed by atoms with van der Waals surface area (Å²) in [4.78, 5) is 11.6. The van der Waals surface area contributed by atoms with Crippen LogP contribution >= 0.6 is 0 Å². The maximum Gasteiger partial charge on any atom is 0.226 e. The second-order valence-electron chi connectivity index (χ2n) is 6.09. The summed E-state index contributed by atoms with van der Waals surface area (Å²) in [7, 11) is 0. The zero-order valence-electron chi connectivity index (χ0n) is 12.9. The third-order valence-corrected chi connectivity index (χ3v) is 3.98. The first-order chi connectivity index (χ1) is 10.0. The normalized spacial score (nSPS) is 14.4. The lowest BCUT2D eigenvalue weighted by atomic mass is 9.99. The zero-order valence-corrected chi connectivity index (χ0v) is 12.9. The first-order valence-corrected chi connectivity index (χ1v) is 7.51. The van der Waals surface area contributed by atoms with Gasteiger partial charge in [-0.2, -0.15) is 0 Å². The van der Waals surface area contributed by atoms with Crippen LogP contribution in [0.2, 0.25) is 0 Å². The van der Waals surface area contributed by atoms with Crippen molar-refractivity contribution in [1.29, 1.82) is 0 Å². The number of rotatable bonds is 2. The van der Waals surface area contributed by atoms with Gasteiger partial charge in [0.25, 0.3) is 0 Å². The fraction of sp³-hybridized carbons (Fsp3) is 0.412. The highest BCUT2D eigenvalue weighted by Crippen LogP contribution is 2.25. The van der Waals surface area contributed by atoms with Crippen LogP contribution in [0, 0.1) is 6.92 Å². The molecule has 0 saturated heterocycles. The Balaban J connectivity index is 1.92. The summed E-state index contributed by atoms with van der Waals surface area (Å²) in [5.41, 5.74) is 11.5. The number of nitrogens with zero attached hydrogens (tertiary/aromatic N) is 3. The molecule has 1 aliphatic heterocycles. The fourth-order valence-electron chi connectivity index (χ4n) is 2.76. The molecule has 0 aliphatic carbocycles. The maximum absolute atomic E-state index is 5.90. The van der Waals surface area contributed by atoms with E-state index in [1.807, 2.05) is 13.0 Å². The smallest absolute Gasteiger partial charge is 0.226 e. The Kier molecular flexibility index (Phi) is 3.53. The molecule has 3 rings (SSSR count). The topological polar surface area (TPSA) is 55.0 Å². The summed E-state index contributed by atoms with van der Waals surface area (Å²) >= 11 is 0. The summed E-state index contributed by atoms with van der Waals surface area (Å²) in [6.07, 6.45) is 1.02. The van der Waals surface area contributed by atoms with Crippen LogP contribution in [0.1, 0.15) is 42.3 Å². The Labute approximate surface area is 126 Å². The second kappa shape index (κ2) is 5.35. The lowest BCUT2D eigenvalue weighted by Crippen LogP contribution is -2.32. The van der Waals surface area contributed by atoms with Crippen LogP contribution in [-0.4, -0.2) is 16.5 Å². The second-order valence-corrected chi connectivity index (χ2v) is 6.09. The summed E-state index contributed by atoms with van der Waals surface area (Å²) in [5, 5.41) is 0. The van der Waals surface area contributed by atoms with E-state index >= 15 is 0 Å². The van der Waals surface area contributed by atoms with Crippen LogP contribution < -0.4 is 10.6 Å². The van der Waals surface area contributed by atoms with Crippen molar-refractivity contribution in [2.45, 2.75) is 39.7 Å². The zero-order chi connectivity index (χ0) is 15.0. The first-order valence-electron chi connectivity index (χ1n) is 7.51. The minimum atomic E-state index is 0.415. The van der Waals surface area contributed by atoms with Crippen molar-refractivity contribution in [3.05, 3.63) is 46.8 Å². The van der Waals surface area contributed by atoms with Gasteiger partial charge in [0.15, 0.2) is 0 Å². The van der Waals surface area contributed by atoms with Crippen molar-refractivity contribution in [2.24, 2.45) is 0 Å². The van der Waals surface area contributed by atoms with Crippen LogP contribution in [-0.2, 0) is 13.0 Å². The van der Waals surface area contributed by atoms with Crippen LogP contribution in [0.15, 0.2) is 24.3 Å². The standard InChI is InChI=1S/C17H22N4/c1-11(2)16-8-12(3)19-17(20-16)21-7-6-13-4-5-15(18)9-14(13)10-21/h4-5,8-9,11H,6-7,10,18H2,1-3H3. The average Bonchev–Trinajstić information content (AvgIpc) is 2.45.